The van der Waals surface area contributed by atoms with E-state index >= 15 is 0 Å². The quantitative estimate of drug-likeness (QED) is 0.547. The van der Waals surface area contributed by atoms with Crippen LogP contribution in [-0.4, -0.2) is 46.9 Å². The van der Waals surface area contributed by atoms with Gasteiger partial charge in [0.25, 0.3) is 5.91 Å². The lowest BCUT2D eigenvalue weighted by atomic mass is 10.1. The molecule has 0 spiro atoms. The van der Waals surface area contributed by atoms with Gasteiger partial charge in [0.2, 0.25) is 10.0 Å². The number of nitrogens with one attached hydrogen (secondary N) is 1. The molecule has 0 saturated carbocycles. The molecule has 0 radical (unpaired) electrons. The van der Waals surface area contributed by atoms with Gasteiger partial charge in [-0.05, 0) is 69.7 Å². The van der Waals surface area contributed by atoms with E-state index in [-0.39, 0.29) is 11.9 Å². The Hall–Kier alpha value is -2.94. The van der Waals surface area contributed by atoms with E-state index in [9.17, 15) is 13.2 Å². The van der Waals surface area contributed by atoms with Crippen LogP contribution in [0.5, 0.6) is 17.2 Å². The summed E-state index contributed by atoms with van der Waals surface area (Å²) in [4.78, 5) is 12.6. The molecule has 32 heavy (non-hydrogen) atoms. The summed E-state index contributed by atoms with van der Waals surface area (Å²) in [6, 6.07) is 11.8. The molecule has 2 rings (SSSR count). The molecule has 0 aromatic heterocycles. The number of carbonyl (C=O) groups excluding carboxylic acids is 1. The number of amides is 1. The maximum Gasteiger partial charge on any atom is 0.261 e. The first-order valence-corrected chi connectivity index (χ1v) is 12.3. The third-order valence-corrected chi connectivity index (χ3v) is 6.01. The second-order valence-electron chi connectivity index (χ2n) is 7.29. The van der Waals surface area contributed by atoms with E-state index in [1.807, 2.05) is 39.0 Å². The highest BCUT2D eigenvalue weighted by molar-refractivity contribution is 7.92. The van der Waals surface area contributed by atoms with Gasteiger partial charge >= 0.3 is 0 Å². The van der Waals surface area contributed by atoms with Crippen molar-refractivity contribution in [1.82, 2.24) is 5.32 Å². The predicted molar refractivity (Wildman–Crippen MR) is 125 cm³/mol. The molecule has 0 aliphatic carbocycles. The van der Waals surface area contributed by atoms with Crippen LogP contribution in [0.4, 0.5) is 5.69 Å². The van der Waals surface area contributed by atoms with Gasteiger partial charge in [0, 0.05) is 7.05 Å². The lowest BCUT2D eigenvalue weighted by Gasteiger charge is -2.21. The highest BCUT2D eigenvalue weighted by Crippen LogP contribution is 2.31. The number of rotatable bonds is 11. The number of sulfonamides is 1. The van der Waals surface area contributed by atoms with E-state index in [0.717, 1.165) is 11.8 Å². The second-order valence-corrected chi connectivity index (χ2v) is 9.30. The molecule has 9 heteroatoms. The summed E-state index contributed by atoms with van der Waals surface area (Å²) < 4.78 is 41.4. The van der Waals surface area contributed by atoms with Gasteiger partial charge in [-0.2, -0.15) is 0 Å². The zero-order valence-corrected chi connectivity index (χ0v) is 20.2. The molecule has 2 aromatic rings. The molecule has 0 fully saturated rings. The summed E-state index contributed by atoms with van der Waals surface area (Å²) >= 11 is 0. The molecule has 2 atom stereocenters. The maximum absolute atomic E-state index is 12.6. The summed E-state index contributed by atoms with van der Waals surface area (Å²) in [5.41, 5.74) is 1.39. The summed E-state index contributed by atoms with van der Waals surface area (Å²) in [6.45, 7) is 8.39. The van der Waals surface area contributed by atoms with Gasteiger partial charge in [-0.3, -0.25) is 9.10 Å². The first-order chi connectivity index (χ1) is 15.1. The van der Waals surface area contributed by atoms with E-state index < -0.39 is 16.1 Å². The Morgan fingerprint density at radius 3 is 2.16 bits per heavy atom. The fourth-order valence-corrected chi connectivity index (χ4v) is 3.44. The molecule has 1 amide bonds. The van der Waals surface area contributed by atoms with Crippen LogP contribution >= 0.6 is 0 Å². The summed E-state index contributed by atoms with van der Waals surface area (Å²) in [6.07, 6.45) is 0.386. The third kappa shape index (κ3) is 6.78. The summed E-state index contributed by atoms with van der Waals surface area (Å²) in [5, 5.41) is 2.94. The molecule has 2 aromatic carbocycles. The van der Waals surface area contributed by atoms with Gasteiger partial charge in [0.15, 0.2) is 17.6 Å². The minimum absolute atomic E-state index is 0.269. The zero-order valence-electron chi connectivity index (χ0n) is 19.4. The molecular weight excluding hydrogens is 432 g/mol. The smallest absolute Gasteiger partial charge is 0.261 e. The van der Waals surface area contributed by atoms with Crippen LogP contribution in [-0.2, 0) is 14.8 Å². The highest BCUT2D eigenvalue weighted by Gasteiger charge is 2.19. The number of benzene rings is 2. The van der Waals surface area contributed by atoms with Crippen LogP contribution in [0, 0.1) is 0 Å². The minimum atomic E-state index is -3.35. The van der Waals surface area contributed by atoms with Gasteiger partial charge in [0.05, 0.1) is 31.2 Å². The van der Waals surface area contributed by atoms with Crippen LogP contribution in [0.15, 0.2) is 42.5 Å². The monoisotopic (exact) mass is 464 g/mol. The standard InChI is InChI=1S/C23H32N2O6S/c1-7-29-21-14-9-18(15-22(21)30-8-2)16(3)24-23(26)17(4)31-20-12-10-19(11-13-20)25(5)32(6,27)28/h9-17H,7-8H2,1-6H3,(H,24,26)/t16-,17+/m0/s1. The fourth-order valence-electron chi connectivity index (χ4n) is 2.93. The number of ether oxygens (including phenoxy) is 3. The Morgan fingerprint density at radius 2 is 1.59 bits per heavy atom. The Kier molecular flexibility index (Phi) is 8.77. The zero-order chi connectivity index (χ0) is 23.9. The number of nitrogens with zero attached hydrogens (tertiary/aromatic N) is 1. The first kappa shape index (κ1) is 25.3. The molecule has 0 heterocycles. The van der Waals surface area contributed by atoms with Crippen LogP contribution in [0.25, 0.3) is 0 Å². The Morgan fingerprint density at radius 1 is 1.00 bits per heavy atom. The van der Waals surface area contributed by atoms with Crippen molar-refractivity contribution >= 4 is 21.6 Å². The summed E-state index contributed by atoms with van der Waals surface area (Å²) in [5.74, 6) is 1.49. The highest BCUT2D eigenvalue weighted by atomic mass is 32.2. The van der Waals surface area contributed by atoms with E-state index in [1.54, 1.807) is 31.2 Å². The van der Waals surface area contributed by atoms with Gasteiger partial charge in [-0.1, -0.05) is 6.07 Å². The Balaban J connectivity index is 2.02. The number of hydrogen-bond donors (Lipinski definition) is 1. The number of anilines is 1. The van der Waals surface area contributed by atoms with Gasteiger partial charge in [0.1, 0.15) is 5.75 Å². The molecule has 0 aliphatic heterocycles. The van der Waals surface area contributed by atoms with Crippen molar-refractivity contribution in [3.8, 4) is 17.2 Å². The maximum atomic E-state index is 12.6. The lowest BCUT2D eigenvalue weighted by molar-refractivity contribution is -0.127. The van der Waals surface area contributed by atoms with Crippen molar-refractivity contribution in [2.45, 2.75) is 39.8 Å². The first-order valence-electron chi connectivity index (χ1n) is 10.5. The summed E-state index contributed by atoms with van der Waals surface area (Å²) in [7, 11) is -1.87. The van der Waals surface area contributed by atoms with Crippen LogP contribution < -0.4 is 23.8 Å². The second kappa shape index (κ2) is 11.1. The van der Waals surface area contributed by atoms with Crippen molar-refractivity contribution in [3.05, 3.63) is 48.0 Å². The lowest BCUT2D eigenvalue weighted by Crippen LogP contribution is -2.37. The minimum Gasteiger partial charge on any atom is -0.490 e. The van der Waals surface area contributed by atoms with E-state index in [0.29, 0.717) is 36.1 Å². The van der Waals surface area contributed by atoms with Crippen LogP contribution in [0.2, 0.25) is 0 Å². The van der Waals surface area contributed by atoms with Gasteiger partial charge < -0.3 is 19.5 Å². The van der Waals surface area contributed by atoms with Crippen LogP contribution in [0.3, 0.4) is 0 Å². The Labute approximate surface area is 190 Å². The van der Waals surface area contributed by atoms with E-state index in [4.69, 9.17) is 14.2 Å². The van der Waals surface area contributed by atoms with Crippen molar-refractivity contribution in [2.24, 2.45) is 0 Å². The Bertz CT molecular complexity index is 1010. The molecule has 8 nitrogen and oxygen atoms in total. The third-order valence-electron chi connectivity index (χ3n) is 4.81. The largest absolute Gasteiger partial charge is 0.490 e. The van der Waals surface area contributed by atoms with Crippen molar-refractivity contribution in [1.29, 1.82) is 0 Å². The average Bonchev–Trinajstić information content (AvgIpc) is 2.74. The molecule has 176 valence electrons. The predicted octanol–water partition coefficient (Wildman–Crippen LogP) is 3.52. The van der Waals surface area contributed by atoms with Crippen LogP contribution in [0.1, 0.15) is 39.3 Å². The molecular formula is C23H32N2O6S. The molecule has 0 saturated heterocycles. The fraction of sp³-hybridized carbons (Fsp3) is 0.435. The van der Waals surface area contributed by atoms with E-state index in [1.165, 1.54) is 11.4 Å². The van der Waals surface area contributed by atoms with Crippen molar-refractivity contribution in [3.63, 3.8) is 0 Å². The SMILES string of the molecule is CCOc1ccc([C@H](C)NC(=O)[C@@H](C)Oc2ccc(N(C)S(C)(=O)=O)cc2)cc1OCC. The normalized spacial score (nSPS) is 13.1. The average molecular weight is 465 g/mol. The number of carbonyl (C=O) groups is 1. The number of hydrogen-bond acceptors (Lipinski definition) is 6. The molecule has 0 unspecified atom stereocenters. The van der Waals surface area contributed by atoms with Crippen molar-refractivity contribution in [2.75, 3.05) is 30.8 Å². The van der Waals surface area contributed by atoms with Gasteiger partial charge in [-0.15, -0.1) is 0 Å². The topological polar surface area (TPSA) is 94.2 Å². The van der Waals surface area contributed by atoms with E-state index in [2.05, 4.69) is 5.32 Å². The molecule has 0 aliphatic rings. The molecule has 1 N–H and O–H groups in total. The van der Waals surface area contributed by atoms with Crippen molar-refractivity contribution < 1.29 is 27.4 Å². The van der Waals surface area contributed by atoms with Gasteiger partial charge in [-0.25, -0.2) is 8.42 Å². The molecule has 0 bridgehead atoms.